The Kier molecular flexibility index (Phi) is 5.84. The number of carbonyl (C=O) groups is 1. The van der Waals surface area contributed by atoms with Crippen LogP contribution in [0.1, 0.15) is 16.8 Å². The quantitative estimate of drug-likeness (QED) is 0.380. The van der Waals surface area contributed by atoms with E-state index in [0.29, 0.717) is 11.8 Å². The van der Waals surface area contributed by atoms with Gasteiger partial charge in [-0.15, -0.1) is 11.3 Å². The number of nitrogens with zero attached hydrogens (tertiary/aromatic N) is 2. The van der Waals surface area contributed by atoms with E-state index in [4.69, 9.17) is 0 Å². The number of hydrogen-bond acceptors (Lipinski definition) is 4. The lowest BCUT2D eigenvalue weighted by molar-refractivity contribution is -0.137. The molecule has 1 N–H and O–H groups in total. The van der Waals surface area contributed by atoms with Crippen LogP contribution in [0.25, 0.3) is 10.6 Å². The lowest BCUT2D eigenvalue weighted by Gasteiger charge is -2.07. The molecular weight excluding hydrogens is 394 g/mol. The third-order valence-electron chi connectivity index (χ3n) is 3.63. The van der Waals surface area contributed by atoms with Crippen molar-refractivity contribution >= 4 is 23.5 Å². The third kappa shape index (κ3) is 5.01. The number of aromatic nitrogens is 1. The van der Waals surface area contributed by atoms with Crippen molar-refractivity contribution in [3.05, 3.63) is 76.5 Å². The summed E-state index contributed by atoms with van der Waals surface area (Å²) in [6.07, 6.45) is -3.71. The number of benzene rings is 2. The summed E-state index contributed by atoms with van der Waals surface area (Å²) in [6, 6.07) is 11.5. The molecule has 0 unspecified atom stereocenters. The van der Waals surface area contributed by atoms with Crippen molar-refractivity contribution < 1.29 is 22.4 Å². The Morgan fingerprint density at radius 2 is 1.93 bits per heavy atom. The monoisotopic (exact) mass is 407 g/mol. The number of thiazole rings is 1. The fourth-order valence-corrected chi connectivity index (χ4v) is 3.11. The molecule has 0 saturated carbocycles. The van der Waals surface area contributed by atoms with E-state index >= 15 is 0 Å². The van der Waals surface area contributed by atoms with Crippen LogP contribution in [0.15, 0.2) is 59.0 Å². The summed E-state index contributed by atoms with van der Waals surface area (Å²) in [6.45, 7) is 0. The maximum Gasteiger partial charge on any atom is 0.416 e. The third-order valence-corrected chi connectivity index (χ3v) is 4.58. The summed E-state index contributed by atoms with van der Waals surface area (Å²) in [4.78, 5) is 16.3. The zero-order valence-electron chi connectivity index (χ0n) is 14.2. The molecule has 0 spiro atoms. The van der Waals surface area contributed by atoms with Crippen molar-refractivity contribution in [2.24, 2.45) is 5.10 Å². The van der Waals surface area contributed by atoms with Crippen molar-refractivity contribution in [2.45, 2.75) is 12.6 Å². The van der Waals surface area contributed by atoms with Gasteiger partial charge in [0, 0.05) is 16.5 Å². The van der Waals surface area contributed by atoms with Crippen LogP contribution >= 0.6 is 11.3 Å². The molecule has 4 nitrogen and oxygen atoms in total. The Balaban J connectivity index is 1.58. The van der Waals surface area contributed by atoms with Gasteiger partial charge in [-0.25, -0.2) is 14.8 Å². The molecule has 3 rings (SSSR count). The summed E-state index contributed by atoms with van der Waals surface area (Å²) in [7, 11) is 0. The molecular formula is C19H13F4N3OS. The topological polar surface area (TPSA) is 54.4 Å². The van der Waals surface area contributed by atoms with E-state index in [1.54, 1.807) is 5.38 Å². The van der Waals surface area contributed by atoms with Crippen molar-refractivity contribution in [1.82, 2.24) is 10.4 Å². The van der Waals surface area contributed by atoms with Gasteiger partial charge >= 0.3 is 6.18 Å². The molecule has 3 aromatic rings. The highest BCUT2D eigenvalue weighted by molar-refractivity contribution is 7.13. The number of amides is 1. The number of alkyl halides is 3. The van der Waals surface area contributed by atoms with E-state index in [-0.39, 0.29) is 12.0 Å². The first kappa shape index (κ1) is 19.7. The van der Waals surface area contributed by atoms with Gasteiger partial charge in [0.25, 0.3) is 0 Å². The predicted octanol–water partition coefficient (Wildman–Crippen LogP) is 4.66. The SMILES string of the molecule is O=C(Cc1csc(-c2ccccc2)n1)NN=Cc1ccc(C(F)(F)F)cc1F. The normalized spacial score (nSPS) is 11.7. The van der Waals surface area contributed by atoms with Gasteiger partial charge < -0.3 is 0 Å². The standard InChI is InChI=1S/C19H13F4N3OS/c20-16-8-14(19(21,22)23)7-6-13(16)10-24-26-17(27)9-15-11-28-18(25-15)12-4-2-1-3-5-12/h1-8,10-11H,9H2,(H,26,27). The first-order valence-electron chi connectivity index (χ1n) is 8.01. The molecule has 144 valence electrons. The van der Waals surface area contributed by atoms with Gasteiger partial charge in [-0.05, 0) is 18.2 Å². The molecule has 0 fully saturated rings. The largest absolute Gasteiger partial charge is 0.416 e. The van der Waals surface area contributed by atoms with Gasteiger partial charge in [-0.2, -0.15) is 18.3 Å². The van der Waals surface area contributed by atoms with Crippen LogP contribution in [0, 0.1) is 5.82 Å². The summed E-state index contributed by atoms with van der Waals surface area (Å²) < 4.78 is 51.2. The molecule has 0 saturated heterocycles. The van der Waals surface area contributed by atoms with E-state index < -0.39 is 23.5 Å². The van der Waals surface area contributed by atoms with Crippen LogP contribution < -0.4 is 5.43 Å². The average molecular weight is 407 g/mol. The van der Waals surface area contributed by atoms with E-state index in [1.807, 2.05) is 30.3 Å². The highest BCUT2D eigenvalue weighted by atomic mass is 32.1. The molecule has 0 radical (unpaired) electrons. The maximum atomic E-state index is 13.7. The van der Waals surface area contributed by atoms with Crippen LogP contribution in [0.4, 0.5) is 17.6 Å². The van der Waals surface area contributed by atoms with E-state index in [9.17, 15) is 22.4 Å². The van der Waals surface area contributed by atoms with Crippen LogP contribution in [-0.2, 0) is 17.4 Å². The first-order chi connectivity index (χ1) is 13.3. The zero-order valence-corrected chi connectivity index (χ0v) is 15.0. The number of hydrogen-bond donors (Lipinski definition) is 1. The van der Waals surface area contributed by atoms with Crippen molar-refractivity contribution in [3.63, 3.8) is 0 Å². The first-order valence-corrected chi connectivity index (χ1v) is 8.89. The molecule has 1 amide bonds. The van der Waals surface area contributed by atoms with E-state index in [1.165, 1.54) is 11.3 Å². The highest BCUT2D eigenvalue weighted by Gasteiger charge is 2.31. The summed E-state index contributed by atoms with van der Waals surface area (Å²) >= 11 is 1.40. The Morgan fingerprint density at radius 1 is 1.18 bits per heavy atom. The molecule has 9 heteroatoms. The molecule has 0 bridgehead atoms. The Hall–Kier alpha value is -3.07. The minimum absolute atomic E-state index is 0.0316. The molecule has 28 heavy (non-hydrogen) atoms. The van der Waals surface area contributed by atoms with Gasteiger partial charge in [0.05, 0.1) is 23.9 Å². The van der Waals surface area contributed by atoms with Gasteiger partial charge in [-0.3, -0.25) is 4.79 Å². The van der Waals surface area contributed by atoms with E-state index in [0.717, 1.165) is 28.9 Å². The van der Waals surface area contributed by atoms with Gasteiger partial charge in [0.15, 0.2) is 0 Å². The Morgan fingerprint density at radius 3 is 2.61 bits per heavy atom. The Labute approximate surface area is 161 Å². The second-order valence-corrected chi connectivity index (χ2v) is 6.57. The number of nitrogens with one attached hydrogen (secondary N) is 1. The zero-order chi connectivity index (χ0) is 20.1. The van der Waals surface area contributed by atoms with Crippen molar-refractivity contribution in [1.29, 1.82) is 0 Å². The van der Waals surface area contributed by atoms with Crippen LogP contribution in [0.2, 0.25) is 0 Å². The van der Waals surface area contributed by atoms with Crippen LogP contribution in [0.5, 0.6) is 0 Å². The average Bonchev–Trinajstić information content (AvgIpc) is 3.11. The minimum atomic E-state index is -4.63. The van der Waals surface area contributed by atoms with Gasteiger partial charge in [0.1, 0.15) is 10.8 Å². The molecule has 2 aromatic carbocycles. The molecule has 0 aliphatic carbocycles. The molecule has 0 atom stereocenters. The summed E-state index contributed by atoms with van der Waals surface area (Å²) in [5.74, 6) is -1.56. The van der Waals surface area contributed by atoms with Crippen LogP contribution in [0.3, 0.4) is 0 Å². The summed E-state index contributed by atoms with van der Waals surface area (Å²) in [5.41, 5.74) is 2.43. The van der Waals surface area contributed by atoms with Crippen LogP contribution in [-0.4, -0.2) is 17.1 Å². The van der Waals surface area contributed by atoms with Crippen molar-refractivity contribution in [2.75, 3.05) is 0 Å². The number of hydrazone groups is 1. The number of halogens is 4. The highest BCUT2D eigenvalue weighted by Crippen LogP contribution is 2.30. The smallest absolute Gasteiger partial charge is 0.273 e. The second-order valence-electron chi connectivity index (χ2n) is 5.71. The fraction of sp³-hybridized carbons (Fsp3) is 0.105. The predicted molar refractivity (Wildman–Crippen MR) is 98.4 cm³/mol. The Bertz CT molecular complexity index is 1000. The van der Waals surface area contributed by atoms with Gasteiger partial charge in [-0.1, -0.05) is 30.3 Å². The molecule has 0 aliphatic heterocycles. The second kappa shape index (κ2) is 8.30. The minimum Gasteiger partial charge on any atom is -0.273 e. The fourth-order valence-electron chi connectivity index (χ4n) is 2.29. The lowest BCUT2D eigenvalue weighted by atomic mass is 10.1. The maximum absolute atomic E-state index is 13.7. The number of rotatable bonds is 5. The summed E-state index contributed by atoms with van der Waals surface area (Å²) in [5, 5.41) is 6.11. The van der Waals surface area contributed by atoms with E-state index in [2.05, 4.69) is 15.5 Å². The van der Waals surface area contributed by atoms with Crippen molar-refractivity contribution in [3.8, 4) is 10.6 Å². The molecule has 1 aromatic heterocycles. The lowest BCUT2D eigenvalue weighted by Crippen LogP contribution is -2.20. The number of carbonyl (C=O) groups excluding carboxylic acids is 1. The molecule has 1 heterocycles. The molecule has 0 aliphatic rings. The van der Waals surface area contributed by atoms with Gasteiger partial charge in [0.2, 0.25) is 5.91 Å².